The minimum absolute atomic E-state index is 0.0948. The van der Waals surface area contributed by atoms with Crippen molar-refractivity contribution in [2.75, 3.05) is 18.0 Å². The summed E-state index contributed by atoms with van der Waals surface area (Å²) >= 11 is 3.45. The largest absolute Gasteiger partial charge is 0.393 e. The molecule has 0 unspecified atom stereocenters. The van der Waals surface area contributed by atoms with E-state index < -0.39 is 0 Å². The lowest BCUT2D eigenvalue weighted by atomic mass is 9.74. The van der Waals surface area contributed by atoms with Crippen molar-refractivity contribution in [2.45, 2.75) is 37.8 Å². The average molecular weight is 367 g/mol. The molecule has 2 atom stereocenters. The first-order chi connectivity index (χ1) is 10.6. The summed E-state index contributed by atoms with van der Waals surface area (Å²) in [7, 11) is 0. The van der Waals surface area contributed by atoms with E-state index in [0.717, 1.165) is 54.8 Å². The number of nitrogens with zero attached hydrogens (tertiary/aromatic N) is 5. The smallest absolute Gasteiger partial charge is 0.212 e. The van der Waals surface area contributed by atoms with E-state index in [1.165, 1.54) is 0 Å². The number of hydrogen-bond acceptors (Lipinski definition) is 6. The van der Waals surface area contributed by atoms with E-state index in [0.29, 0.717) is 0 Å². The first kappa shape index (κ1) is 14.3. The Balaban J connectivity index is 1.59. The number of aliphatic hydroxyl groups excluding tert-OH is 1. The van der Waals surface area contributed by atoms with Gasteiger partial charge in [0.2, 0.25) is 5.95 Å². The zero-order valence-electron chi connectivity index (χ0n) is 12.2. The maximum atomic E-state index is 9.91. The molecule has 8 heteroatoms. The highest BCUT2D eigenvalue weighted by molar-refractivity contribution is 9.10. The Labute approximate surface area is 136 Å². The minimum Gasteiger partial charge on any atom is -0.393 e. The van der Waals surface area contributed by atoms with Gasteiger partial charge in [-0.25, -0.2) is 9.38 Å². The molecule has 2 aliphatic rings. The van der Waals surface area contributed by atoms with Crippen LogP contribution in [0.3, 0.4) is 0 Å². The molecule has 1 aliphatic heterocycles. The second kappa shape index (κ2) is 5.14. The summed E-state index contributed by atoms with van der Waals surface area (Å²) in [4.78, 5) is 6.79. The van der Waals surface area contributed by atoms with Gasteiger partial charge in [0.05, 0.1) is 10.6 Å². The van der Waals surface area contributed by atoms with Gasteiger partial charge in [-0.2, -0.15) is 0 Å². The van der Waals surface area contributed by atoms with Gasteiger partial charge in [-0.1, -0.05) is 0 Å². The summed E-state index contributed by atoms with van der Waals surface area (Å²) in [5.74, 6) is 0.866. The maximum absolute atomic E-state index is 9.91. The fourth-order valence-corrected chi connectivity index (χ4v) is 4.36. The van der Waals surface area contributed by atoms with Gasteiger partial charge in [0.1, 0.15) is 6.33 Å². The van der Waals surface area contributed by atoms with Crippen LogP contribution in [0.4, 0.5) is 5.95 Å². The number of fused-ring (bicyclic) bond motifs is 1. The van der Waals surface area contributed by atoms with Crippen LogP contribution in [0.15, 0.2) is 17.0 Å². The Bertz CT molecular complexity index is 696. The summed E-state index contributed by atoms with van der Waals surface area (Å²) in [5.41, 5.74) is 7.16. The predicted octanol–water partition coefficient (Wildman–Crippen LogP) is 0.955. The summed E-state index contributed by atoms with van der Waals surface area (Å²) in [6.45, 7) is 1.78. The van der Waals surface area contributed by atoms with Gasteiger partial charge >= 0.3 is 0 Å². The molecule has 3 N–H and O–H groups in total. The number of anilines is 1. The van der Waals surface area contributed by atoms with Gasteiger partial charge < -0.3 is 15.7 Å². The van der Waals surface area contributed by atoms with Crippen LogP contribution in [0.25, 0.3) is 5.65 Å². The molecule has 118 valence electrons. The van der Waals surface area contributed by atoms with Gasteiger partial charge in [-0.05, 0) is 47.0 Å². The minimum atomic E-state index is -0.239. The fraction of sp³-hybridized carbons (Fsp3) is 0.643. The maximum Gasteiger partial charge on any atom is 0.212 e. The SMILES string of the molecule is N[C@@H]1C[C@H](O)CC12CCN(c1ncc(Br)c3nncn13)CC2. The zero-order chi connectivity index (χ0) is 15.3. The van der Waals surface area contributed by atoms with Crippen molar-refractivity contribution in [1.29, 1.82) is 0 Å². The van der Waals surface area contributed by atoms with E-state index >= 15 is 0 Å². The van der Waals surface area contributed by atoms with E-state index in [-0.39, 0.29) is 17.6 Å². The molecule has 4 rings (SSSR count). The van der Waals surface area contributed by atoms with Gasteiger partial charge in [0, 0.05) is 25.3 Å². The number of rotatable bonds is 1. The van der Waals surface area contributed by atoms with Crippen molar-refractivity contribution in [2.24, 2.45) is 11.1 Å². The third-order valence-corrected chi connectivity index (χ3v) is 5.83. The van der Waals surface area contributed by atoms with Crippen molar-refractivity contribution < 1.29 is 5.11 Å². The summed E-state index contributed by atoms with van der Waals surface area (Å²) in [6.07, 6.45) is 6.77. The van der Waals surface area contributed by atoms with Crippen LogP contribution < -0.4 is 10.6 Å². The Morgan fingerprint density at radius 2 is 2.14 bits per heavy atom. The second-order valence-electron chi connectivity index (χ2n) is 6.48. The van der Waals surface area contributed by atoms with Crippen LogP contribution in [-0.4, -0.2) is 49.9 Å². The van der Waals surface area contributed by atoms with E-state index in [1.54, 1.807) is 12.5 Å². The van der Waals surface area contributed by atoms with Crippen LogP contribution in [-0.2, 0) is 0 Å². The number of halogens is 1. The number of hydrogen-bond donors (Lipinski definition) is 2. The van der Waals surface area contributed by atoms with E-state index in [1.807, 2.05) is 4.40 Å². The number of aliphatic hydroxyl groups is 1. The lowest BCUT2D eigenvalue weighted by Crippen LogP contribution is -2.47. The first-order valence-electron chi connectivity index (χ1n) is 7.62. The first-order valence-corrected chi connectivity index (χ1v) is 8.41. The summed E-state index contributed by atoms with van der Waals surface area (Å²) < 4.78 is 2.74. The highest BCUT2D eigenvalue weighted by Crippen LogP contribution is 2.46. The lowest BCUT2D eigenvalue weighted by molar-refractivity contribution is 0.141. The molecule has 2 aromatic heterocycles. The quantitative estimate of drug-likeness (QED) is 0.780. The molecule has 2 fully saturated rings. The topological polar surface area (TPSA) is 92.6 Å². The third kappa shape index (κ3) is 2.12. The highest BCUT2D eigenvalue weighted by atomic mass is 79.9. The zero-order valence-corrected chi connectivity index (χ0v) is 13.8. The van der Waals surface area contributed by atoms with Gasteiger partial charge in [0.25, 0.3) is 0 Å². The Morgan fingerprint density at radius 1 is 1.36 bits per heavy atom. The molecular formula is C14H19BrN6O. The molecular weight excluding hydrogens is 348 g/mol. The molecule has 22 heavy (non-hydrogen) atoms. The molecule has 1 saturated carbocycles. The Kier molecular flexibility index (Phi) is 3.35. The van der Waals surface area contributed by atoms with Crippen molar-refractivity contribution in [3.8, 4) is 0 Å². The predicted molar refractivity (Wildman–Crippen MR) is 85.6 cm³/mol. The van der Waals surface area contributed by atoms with Crippen LogP contribution in [0, 0.1) is 5.41 Å². The fourth-order valence-electron chi connectivity index (χ4n) is 3.99. The summed E-state index contributed by atoms with van der Waals surface area (Å²) in [5, 5.41) is 18.0. The Hall–Kier alpha value is -1.25. The van der Waals surface area contributed by atoms with Gasteiger partial charge in [-0.15, -0.1) is 10.2 Å². The molecule has 1 spiro atoms. The molecule has 1 saturated heterocycles. The van der Waals surface area contributed by atoms with Crippen molar-refractivity contribution in [3.63, 3.8) is 0 Å². The van der Waals surface area contributed by atoms with Crippen molar-refractivity contribution >= 4 is 27.5 Å². The average Bonchev–Trinajstić information content (AvgIpc) is 3.08. The van der Waals surface area contributed by atoms with Crippen LogP contribution >= 0.6 is 15.9 Å². The molecule has 0 radical (unpaired) electrons. The Morgan fingerprint density at radius 3 is 2.82 bits per heavy atom. The standard InChI is InChI=1S/C14H19BrN6O/c15-10-7-17-13(21-8-18-19-12(10)21)20-3-1-14(2-4-20)6-9(22)5-11(14)16/h7-9,11,22H,1-6,16H2/t9-,11+/m0/s1. The van der Waals surface area contributed by atoms with Gasteiger partial charge in [-0.3, -0.25) is 0 Å². The molecule has 0 aromatic carbocycles. The third-order valence-electron chi connectivity index (χ3n) is 5.27. The van der Waals surface area contributed by atoms with Crippen molar-refractivity contribution in [3.05, 3.63) is 17.0 Å². The molecule has 2 aromatic rings. The lowest BCUT2D eigenvalue weighted by Gasteiger charge is -2.42. The normalized spacial score (nSPS) is 27.9. The van der Waals surface area contributed by atoms with E-state index in [4.69, 9.17) is 5.73 Å². The number of aromatic nitrogens is 4. The van der Waals surface area contributed by atoms with Crippen LogP contribution in [0.1, 0.15) is 25.7 Å². The molecule has 0 bridgehead atoms. The second-order valence-corrected chi connectivity index (χ2v) is 7.33. The summed E-state index contributed by atoms with van der Waals surface area (Å²) in [6, 6.07) is 0.109. The number of nitrogens with two attached hydrogens (primary N) is 1. The molecule has 7 nitrogen and oxygen atoms in total. The monoisotopic (exact) mass is 366 g/mol. The molecule has 0 amide bonds. The van der Waals surface area contributed by atoms with Crippen molar-refractivity contribution in [1.82, 2.24) is 19.6 Å². The van der Waals surface area contributed by atoms with Crippen LogP contribution in [0.2, 0.25) is 0 Å². The highest BCUT2D eigenvalue weighted by Gasteiger charge is 2.46. The molecule has 1 aliphatic carbocycles. The van der Waals surface area contributed by atoms with E-state index in [2.05, 4.69) is 36.0 Å². The molecule has 3 heterocycles. The van der Waals surface area contributed by atoms with Gasteiger partial charge in [0.15, 0.2) is 5.65 Å². The van der Waals surface area contributed by atoms with Crippen LogP contribution in [0.5, 0.6) is 0 Å². The van der Waals surface area contributed by atoms with E-state index in [9.17, 15) is 5.11 Å². The number of piperidine rings is 1.